The average molecular weight is 824 g/mol. The van der Waals surface area contributed by atoms with E-state index >= 15 is 0 Å². The molecule has 0 saturated carbocycles. The molecule has 302 valence electrons. The summed E-state index contributed by atoms with van der Waals surface area (Å²) >= 11 is 0. The predicted octanol–water partition coefficient (Wildman–Crippen LogP) is 18.2. The molecule has 13 aromatic carbocycles. The molecule has 0 aliphatic rings. The number of hydrogen-bond acceptors (Lipinski definition) is 1. The first-order valence-corrected chi connectivity index (χ1v) is 22.5. The maximum atomic E-state index is 2.50. The second kappa shape index (κ2) is 15.1. The summed E-state index contributed by atoms with van der Waals surface area (Å²) in [4.78, 5) is 2.50. The third kappa shape index (κ3) is 6.09. The van der Waals surface area contributed by atoms with Gasteiger partial charge in [-0.15, -0.1) is 0 Å². The second-order valence-corrected chi connectivity index (χ2v) is 17.2. The summed E-state index contributed by atoms with van der Waals surface area (Å²) in [5, 5.41) is 17.2. The topological polar surface area (TPSA) is 3.24 Å². The SMILES string of the molecule is c1ccc(N(c2ccc3c(-c4ccc5ccccc5c4)c4ccccc4c(-c4ccc5ccccc5c4)c3c2)c2c3ccccc3c(-c3ccc4ccccc4c3)c3ccccc23)cc1. The first-order valence-electron chi connectivity index (χ1n) is 22.5. The summed E-state index contributed by atoms with van der Waals surface area (Å²) in [5.74, 6) is 0. The molecule has 0 spiro atoms. The number of nitrogens with zero attached hydrogens (tertiary/aromatic N) is 1. The molecule has 0 aliphatic carbocycles. The molecule has 1 heteroatoms. The fraction of sp³-hybridized carbons (Fsp3) is 0. The summed E-state index contributed by atoms with van der Waals surface area (Å²) in [6, 6.07) is 91.9. The third-order valence-electron chi connectivity index (χ3n) is 13.5. The molecule has 0 aromatic heterocycles. The zero-order valence-corrected chi connectivity index (χ0v) is 35.6. The first kappa shape index (κ1) is 37.1. The summed E-state index contributed by atoms with van der Waals surface area (Å²) in [7, 11) is 0. The molecule has 0 amide bonds. The van der Waals surface area contributed by atoms with E-state index in [2.05, 4.69) is 254 Å². The molecule has 0 aliphatic heterocycles. The zero-order chi connectivity index (χ0) is 42.8. The van der Waals surface area contributed by atoms with Gasteiger partial charge in [0.15, 0.2) is 0 Å². The highest BCUT2D eigenvalue weighted by atomic mass is 15.1. The van der Waals surface area contributed by atoms with E-state index in [4.69, 9.17) is 0 Å². The number of benzene rings is 13. The van der Waals surface area contributed by atoms with Crippen molar-refractivity contribution in [3.8, 4) is 33.4 Å². The molecule has 0 saturated heterocycles. The van der Waals surface area contributed by atoms with Gasteiger partial charge >= 0.3 is 0 Å². The normalized spacial score (nSPS) is 11.7. The molecular formula is C64H41N. The minimum absolute atomic E-state index is 1.10. The number of hydrogen-bond donors (Lipinski definition) is 0. The van der Waals surface area contributed by atoms with Gasteiger partial charge in [0.05, 0.1) is 5.69 Å². The van der Waals surface area contributed by atoms with Crippen molar-refractivity contribution in [2.24, 2.45) is 0 Å². The first-order chi connectivity index (χ1) is 32.2. The molecule has 0 bridgehead atoms. The van der Waals surface area contributed by atoms with Gasteiger partial charge in [0.2, 0.25) is 0 Å². The maximum Gasteiger partial charge on any atom is 0.0618 e. The van der Waals surface area contributed by atoms with Gasteiger partial charge in [0.1, 0.15) is 0 Å². The Morgan fingerprint density at radius 1 is 0.200 bits per heavy atom. The molecule has 13 rings (SSSR count). The molecule has 0 N–H and O–H groups in total. The van der Waals surface area contributed by atoms with Crippen molar-refractivity contribution in [1.82, 2.24) is 0 Å². The van der Waals surface area contributed by atoms with Gasteiger partial charge < -0.3 is 4.90 Å². The van der Waals surface area contributed by atoms with Crippen molar-refractivity contribution in [3.63, 3.8) is 0 Å². The van der Waals surface area contributed by atoms with Crippen LogP contribution in [0.3, 0.4) is 0 Å². The lowest BCUT2D eigenvalue weighted by Crippen LogP contribution is -2.11. The number of rotatable bonds is 6. The van der Waals surface area contributed by atoms with Gasteiger partial charge in [0.25, 0.3) is 0 Å². The van der Waals surface area contributed by atoms with E-state index in [9.17, 15) is 0 Å². The molecule has 0 fully saturated rings. The number of para-hydroxylation sites is 1. The quantitative estimate of drug-likeness (QED) is 0.151. The third-order valence-corrected chi connectivity index (χ3v) is 13.5. The molecule has 0 atom stereocenters. The van der Waals surface area contributed by atoms with Crippen LogP contribution in [-0.4, -0.2) is 0 Å². The van der Waals surface area contributed by atoms with E-state index in [1.807, 2.05) is 0 Å². The molecule has 65 heavy (non-hydrogen) atoms. The molecule has 1 nitrogen and oxygen atoms in total. The average Bonchev–Trinajstić information content (AvgIpc) is 3.37. The van der Waals surface area contributed by atoms with Crippen molar-refractivity contribution in [2.45, 2.75) is 0 Å². The summed E-state index contributed by atoms with van der Waals surface area (Å²) in [6.07, 6.45) is 0. The van der Waals surface area contributed by atoms with Crippen LogP contribution in [-0.2, 0) is 0 Å². The Morgan fingerprint density at radius 3 is 0.985 bits per heavy atom. The Kier molecular flexibility index (Phi) is 8.60. The fourth-order valence-electron chi connectivity index (χ4n) is 10.6. The van der Waals surface area contributed by atoms with Crippen LogP contribution in [0.15, 0.2) is 249 Å². The number of fused-ring (bicyclic) bond motifs is 7. The van der Waals surface area contributed by atoms with Crippen LogP contribution in [0.25, 0.3) is 109 Å². The predicted molar refractivity (Wildman–Crippen MR) is 280 cm³/mol. The highest BCUT2D eigenvalue weighted by Crippen LogP contribution is 2.51. The van der Waals surface area contributed by atoms with Crippen molar-refractivity contribution in [2.75, 3.05) is 4.90 Å². The minimum Gasteiger partial charge on any atom is -0.309 e. The summed E-state index contributed by atoms with van der Waals surface area (Å²) in [6.45, 7) is 0. The van der Waals surface area contributed by atoms with E-state index in [1.54, 1.807) is 0 Å². The van der Waals surface area contributed by atoms with E-state index in [-0.39, 0.29) is 0 Å². The molecule has 13 aromatic rings. The van der Waals surface area contributed by atoms with Gasteiger partial charge in [-0.1, -0.05) is 206 Å². The number of anilines is 3. The van der Waals surface area contributed by atoms with Gasteiger partial charge in [-0.05, 0) is 140 Å². The van der Waals surface area contributed by atoms with Crippen LogP contribution in [0.5, 0.6) is 0 Å². The van der Waals surface area contributed by atoms with E-state index < -0.39 is 0 Å². The zero-order valence-electron chi connectivity index (χ0n) is 35.6. The van der Waals surface area contributed by atoms with Gasteiger partial charge in [-0.3, -0.25) is 0 Å². The molecule has 0 unspecified atom stereocenters. The van der Waals surface area contributed by atoms with Gasteiger partial charge in [-0.25, -0.2) is 0 Å². The smallest absolute Gasteiger partial charge is 0.0618 e. The monoisotopic (exact) mass is 823 g/mol. The van der Waals surface area contributed by atoms with Crippen molar-refractivity contribution >= 4 is 92.5 Å². The van der Waals surface area contributed by atoms with Crippen LogP contribution in [0.2, 0.25) is 0 Å². The van der Waals surface area contributed by atoms with Crippen molar-refractivity contribution < 1.29 is 0 Å². The minimum atomic E-state index is 1.10. The van der Waals surface area contributed by atoms with Gasteiger partial charge in [-0.2, -0.15) is 0 Å². The van der Waals surface area contributed by atoms with Crippen LogP contribution in [0.1, 0.15) is 0 Å². The van der Waals surface area contributed by atoms with E-state index in [1.165, 1.54) is 109 Å². The Morgan fingerprint density at radius 2 is 0.538 bits per heavy atom. The molecule has 0 radical (unpaired) electrons. The molecular weight excluding hydrogens is 783 g/mol. The highest BCUT2D eigenvalue weighted by Gasteiger charge is 2.24. The lowest BCUT2D eigenvalue weighted by atomic mass is 9.84. The van der Waals surface area contributed by atoms with Crippen LogP contribution < -0.4 is 4.90 Å². The van der Waals surface area contributed by atoms with Crippen LogP contribution in [0.4, 0.5) is 17.1 Å². The lowest BCUT2D eigenvalue weighted by Gasteiger charge is -2.30. The Labute approximate surface area is 377 Å². The summed E-state index contributed by atoms with van der Waals surface area (Å²) in [5.41, 5.74) is 10.7. The van der Waals surface area contributed by atoms with Crippen LogP contribution in [0, 0.1) is 0 Å². The summed E-state index contributed by atoms with van der Waals surface area (Å²) < 4.78 is 0. The van der Waals surface area contributed by atoms with Gasteiger partial charge in [0, 0.05) is 22.1 Å². The van der Waals surface area contributed by atoms with Crippen LogP contribution >= 0.6 is 0 Å². The lowest BCUT2D eigenvalue weighted by molar-refractivity contribution is 1.32. The van der Waals surface area contributed by atoms with Crippen molar-refractivity contribution in [3.05, 3.63) is 249 Å². The van der Waals surface area contributed by atoms with E-state index in [0.717, 1.165) is 17.1 Å². The highest BCUT2D eigenvalue weighted by molar-refractivity contribution is 6.25. The maximum absolute atomic E-state index is 2.50. The second-order valence-electron chi connectivity index (χ2n) is 17.2. The Balaban J connectivity index is 1.14. The fourth-order valence-corrected chi connectivity index (χ4v) is 10.6. The standard InChI is InChI=1S/C64H41N/c1-2-22-51(23-3-1)65(64-58-28-14-12-26-55(58)62(56-27-13-15-29-59(56)64)49-34-31-43-17-5-8-20-46(43)39-49)52-36-37-57-60(41-52)63(50-35-32-44-18-6-9-21-47(44)40-50)54-25-11-10-24-53(54)61(57)48-33-30-42-16-4-7-19-45(42)38-48/h1-41H. The van der Waals surface area contributed by atoms with E-state index in [0.29, 0.717) is 0 Å². The Hall–Kier alpha value is -8.52. The van der Waals surface area contributed by atoms with Crippen molar-refractivity contribution in [1.29, 1.82) is 0 Å². The molecule has 0 heterocycles. The largest absolute Gasteiger partial charge is 0.309 e. The Bertz CT molecular complexity index is 3960.